The molecule has 1 aromatic carbocycles. The van der Waals surface area contributed by atoms with Crippen LogP contribution < -0.4 is 5.56 Å². The Labute approximate surface area is 120 Å². The number of carbonyl (C=O) groups excluding carboxylic acids is 1. The number of benzene rings is 1. The third-order valence-corrected chi connectivity index (χ3v) is 2.72. The number of aromatic nitrogens is 1. The van der Waals surface area contributed by atoms with Crippen LogP contribution in [0.5, 0.6) is 0 Å². The Bertz CT molecular complexity index is 783. The molecule has 6 heteroatoms. The molecule has 0 atom stereocenters. The van der Waals surface area contributed by atoms with E-state index in [1.807, 2.05) is 0 Å². The number of nitrogens with zero attached hydrogens (tertiary/aromatic N) is 1. The van der Waals surface area contributed by atoms with E-state index in [1.165, 1.54) is 12.1 Å². The lowest BCUT2D eigenvalue weighted by Crippen LogP contribution is -2.36. The summed E-state index contributed by atoms with van der Waals surface area (Å²) in [4.78, 5) is 35.8. The molecule has 0 spiro atoms. The van der Waals surface area contributed by atoms with Gasteiger partial charge in [0.15, 0.2) is 0 Å². The van der Waals surface area contributed by atoms with E-state index >= 15 is 0 Å². The zero-order valence-electron chi connectivity index (χ0n) is 11.9. The van der Waals surface area contributed by atoms with Crippen molar-refractivity contribution in [2.24, 2.45) is 0 Å². The molecule has 0 aliphatic heterocycles. The maximum atomic E-state index is 12.4. The summed E-state index contributed by atoms with van der Waals surface area (Å²) in [6.45, 7) is 4.91. The van der Waals surface area contributed by atoms with Gasteiger partial charge in [0.05, 0.1) is 0 Å². The van der Waals surface area contributed by atoms with E-state index < -0.39 is 28.9 Å². The van der Waals surface area contributed by atoms with Gasteiger partial charge in [-0.3, -0.25) is 4.79 Å². The van der Waals surface area contributed by atoms with Crippen molar-refractivity contribution in [1.29, 1.82) is 0 Å². The van der Waals surface area contributed by atoms with E-state index in [1.54, 1.807) is 39.0 Å². The SMILES string of the molecule is CC(C)(C)OC(=O)n1c(C(=O)O)cc2ccccc2c1=O. The summed E-state index contributed by atoms with van der Waals surface area (Å²) in [7, 11) is 0. The van der Waals surface area contributed by atoms with E-state index in [4.69, 9.17) is 4.74 Å². The molecular formula is C15H15NO5. The summed E-state index contributed by atoms with van der Waals surface area (Å²) >= 11 is 0. The molecule has 0 unspecified atom stereocenters. The normalized spacial score (nSPS) is 11.4. The van der Waals surface area contributed by atoms with Crippen molar-refractivity contribution >= 4 is 22.8 Å². The number of carboxylic acid groups (broad SMARTS) is 1. The van der Waals surface area contributed by atoms with Crippen LogP contribution in [0.3, 0.4) is 0 Å². The Morgan fingerprint density at radius 2 is 1.81 bits per heavy atom. The van der Waals surface area contributed by atoms with Crippen LogP contribution in [0.4, 0.5) is 4.79 Å². The van der Waals surface area contributed by atoms with Crippen molar-refractivity contribution in [2.75, 3.05) is 0 Å². The highest BCUT2D eigenvalue weighted by Gasteiger charge is 2.24. The predicted octanol–water partition coefficient (Wildman–Crippen LogP) is 2.48. The minimum atomic E-state index is -1.37. The summed E-state index contributed by atoms with van der Waals surface area (Å²) in [5.74, 6) is -1.37. The number of carboxylic acids is 1. The van der Waals surface area contributed by atoms with Gasteiger partial charge < -0.3 is 9.84 Å². The Morgan fingerprint density at radius 3 is 2.38 bits per heavy atom. The fourth-order valence-corrected chi connectivity index (χ4v) is 1.91. The highest BCUT2D eigenvalue weighted by molar-refractivity contribution is 5.96. The smallest absolute Gasteiger partial charge is 0.422 e. The molecule has 1 heterocycles. The summed E-state index contributed by atoms with van der Waals surface area (Å²) in [5.41, 5.74) is -1.97. The maximum Gasteiger partial charge on any atom is 0.422 e. The number of carbonyl (C=O) groups is 2. The van der Waals surface area contributed by atoms with E-state index in [2.05, 4.69) is 0 Å². The molecule has 0 amide bonds. The number of ether oxygens (including phenoxy) is 1. The summed E-state index contributed by atoms with van der Waals surface area (Å²) < 4.78 is 5.66. The Hall–Kier alpha value is -2.63. The minimum Gasteiger partial charge on any atom is -0.477 e. The second-order valence-corrected chi connectivity index (χ2v) is 5.54. The molecule has 110 valence electrons. The monoisotopic (exact) mass is 289 g/mol. The van der Waals surface area contributed by atoms with E-state index in [9.17, 15) is 19.5 Å². The molecule has 0 saturated carbocycles. The standard InChI is InChI=1S/C15H15NO5/c1-15(2,3)21-14(20)16-11(13(18)19)8-9-6-4-5-7-10(9)12(16)17/h4-8H,1-3H3,(H,18,19). The number of fused-ring (bicyclic) bond motifs is 1. The first-order valence-electron chi connectivity index (χ1n) is 6.32. The van der Waals surface area contributed by atoms with Crippen LogP contribution in [0.1, 0.15) is 31.3 Å². The molecule has 1 N–H and O–H groups in total. The molecule has 21 heavy (non-hydrogen) atoms. The second-order valence-electron chi connectivity index (χ2n) is 5.54. The Kier molecular flexibility index (Phi) is 3.55. The van der Waals surface area contributed by atoms with Crippen molar-refractivity contribution in [3.8, 4) is 0 Å². The van der Waals surface area contributed by atoms with Crippen LogP contribution in [-0.4, -0.2) is 27.3 Å². The van der Waals surface area contributed by atoms with Crippen LogP contribution in [0.15, 0.2) is 35.1 Å². The molecule has 2 rings (SSSR count). The van der Waals surface area contributed by atoms with E-state index in [0.717, 1.165) is 0 Å². The maximum absolute atomic E-state index is 12.4. The summed E-state index contributed by atoms with van der Waals surface area (Å²) in [6, 6.07) is 7.75. The minimum absolute atomic E-state index is 0.258. The van der Waals surface area contributed by atoms with Crippen molar-refractivity contribution in [1.82, 2.24) is 4.57 Å². The van der Waals surface area contributed by atoms with Crippen molar-refractivity contribution in [3.05, 3.63) is 46.4 Å². The molecule has 0 fully saturated rings. The van der Waals surface area contributed by atoms with Gasteiger partial charge in [-0.2, -0.15) is 0 Å². The third-order valence-electron chi connectivity index (χ3n) is 2.72. The molecule has 0 radical (unpaired) electrons. The van der Waals surface area contributed by atoms with Gasteiger partial charge in [0, 0.05) is 5.39 Å². The van der Waals surface area contributed by atoms with Crippen LogP contribution in [0.2, 0.25) is 0 Å². The summed E-state index contributed by atoms with van der Waals surface area (Å²) in [5, 5.41) is 9.95. The van der Waals surface area contributed by atoms with Gasteiger partial charge in [0.2, 0.25) is 0 Å². The highest BCUT2D eigenvalue weighted by Crippen LogP contribution is 2.14. The lowest BCUT2D eigenvalue weighted by atomic mass is 10.1. The number of pyridine rings is 1. The van der Waals surface area contributed by atoms with E-state index in [0.29, 0.717) is 9.95 Å². The number of hydrogen-bond donors (Lipinski definition) is 1. The van der Waals surface area contributed by atoms with Crippen LogP contribution >= 0.6 is 0 Å². The van der Waals surface area contributed by atoms with Gasteiger partial charge in [-0.1, -0.05) is 18.2 Å². The largest absolute Gasteiger partial charge is 0.477 e. The van der Waals surface area contributed by atoms with Crippen molar-refractivity contribution in [3.63, 3.8) is 0 Å². The number of rotatable bonds is 1. The molecule has 6 nitrogen and oxygen atoms in total. The average molecular weight is 289 g/mol. The molecular weight excluding hydrogens is 274 g/mol. The quantitative estimate of drug-likeness (QED) is 0.871. The van der Waals surface area contributed by atoms with E-state index in [-0.39, 0.29) is 5.39 Å². The molecule has 0 bridgehead atoms. The third kappa shape index (κ3) is 2.94. The predicted molar refractivity (Wildman–Crippen MR) is 76.8 cm³/mol. The Morgan fingerprint density at radius 1 is 1.19 bits per heavy atom. The van der Waals surface area contributed by atoms with Crippen LogP contribution in [-0.2, 0) is 4.74 Å². The first-order valence-corrected chi connectivity index (χ1v) is 6.32. The first kappa shape index (κ1) is 14.8. The molecule has 0 saturated heterocycles. The van der Waals surface area contributed by atoms with Gasteiger partial charge in [-0.25, -0.2) is 14.2 Å². The second kappa shape index (κ2) is 5.05. The number of hydrogen-bond acceptors (Lipinski definition) is 4. The summed E-state index contributed by atoms with van der Waals surface area (Å²) in [6.07, 6.45) is -1.00. The fraction of sp³-hybridized carbons (Fsp3) is 0.267. The lowest BCUT2D eigenvalue weighted by Gasteiger charge is -2.20. The Balaban J connectivity index is 2.74. The fourth-order valence-electron chi connectivity index (χ4n) is 1.91. The van der Waals surface area contributed by atoms with Crippen molar-refractivity contribution < 1.29 is 19.4 Å². The molecule has 2 aromatic rings. The molecule has 1 aromatic heterocycles. The van der Waals surface area contributed by atoms with Gasteiger partial charge in [0.1, 0.15) is 11.3 Å². The van der Waals surface area contributed by atoms with Gasteiger partial charge in [-0.05, 0) is 38.3 Å². The van der Waals surface area contributed by atoms with Gasteiger partial charge in [-0.15, -0.1) is 0 Å². The van der Waals surface area contributed by atoms with Crippen LogP contribution in [0, 0.1) is 0 Å². The van der Waals surface area contributed by atoms with Crippen LogP contribution in [0.25, 0.3) is 10.8 Å². The molecule has 0 aliphatic rings. The zero-order chi connectivity index (χ0) is 15.8. The lowest BCUT2D eigenvalue weighted by molar-refractivity contribution is 0.0498. The van der Waals surface area contributed by atoms with Gasteiger partial charge in [0.25, 0.3) is 5.56 Å². The first-order chi connectivity index (χ1) is 9.70. The topological polar surface area (TPSA) is 85.6 Å². The van der Waals surface area contributed by atoms with Gasteiger partial charge >= 0.3 is 12.1 Å². The zero-order valence-corrected chi connectivity index (χ0v) is 11.9. The van der Waals surface area contributed by atoms with Crippen molar-refractivity contribution in [2.45, 2.75) is 26.4 Å². The highest BCUT2D eigenvalue weighted by atomic mass is 16.6. The number of aromatic carboxylic acids is 1. The average Bonchev–Trinajstić information content (AvgIpc) is 2.36. The molecule has 0 aliphatic carbocycles.